The molecule has 5 heteroatoms. The summed E-state index contributed by atoms with van der Waals surface area (Å²) in [4.78, 5) is 0. The van der Waals surface area contributed by atoms with Crippen molar-refractivity contribution in [1.29, 1.82) is 0 Å². The Kier molecular flexibility index (Phi) is 3.41. The van der Waals surface area contributed by atoms with Crippen LogP contribution in [0, 0.1) is 11.7 Å². The highest BCUT2D eigenvalue weighted by molar-refractivity contribution is 5.65. The molecule has 1 aliphatic heterocycles. The van der Waals surface area contributed by atoms with E-state index in [4.69, 9.17) is 0 Å². The van der Waals surface area contributed by atoms with Gasteiger partial charge in [0.05, 0.1) is 17.3 Å². The van der Waals surface area contributed by atoms with Crippen LogP contribution in [0.15, 0.2) is 54.6 Å². The molecule has 4 rings (SSSR count). The molecule has 1 aliphatic carbocycles. The first-order valence-corrected chi connectivity index (χ1v) is 7.84. The minimum atomic E-state index is -4.43. The van der Waals surface area contributed by atoms with Crippen LogP contribution in [0.25, 0.3) is 0 Å². The molecule has 24 heavy (non-hydrogen) atoms. The first-order chi connectivity index (χ1) is 11.4. The van der Waals surface area contributed by atoms with Crippen LogP contribution in [-0.2, 0) is 6.18 Å². The zero-order chi connectivity index (χ0) is 16.9. The van der Waals surface area contributed by atoms with Gasteiger partial charge >= 0.3 is 6.18 Å². The Morgan fingerprint density at radius 3 is 2.58 bits per heavy atom. The molecule has 1 nitrogen and oxygen atoms in total. The third-order valence-electron chi connectivity index (χ3n) is 4.91. The second-order valence-corrected chi connectivity index (χ2v) is 6.30. The molecule has 1 heterocycles. The Morgan fingerprint density at radius 1 is 1.04 bits per heavy atom. The van der Waals surface area contributed by atoms with Crippen LogP contribution in [0.1, 0.15) is 35.1 Å². The van der Waals surface area contributed by atoms with Crippen molar-refractivity contribution in [1.82, 2.24) is 0 Å². The van der Waals surface area contributed by atoms with Crippen molar-refractivity contribution >= 4 is 5.69 Å². The second kappa shape index (κ2) is 5.36. The minimum Gasteiger partial charge on any atom is -0.377 e. The van der Waals surface area contributed by atoms with E-state index in [9.17, 15) is 17.6 Å². The van der Waals surface area contributed by atoms with Gasteiger partial charge in [-0.05, 0) is 41.7 Å². The molecular weight excluding hydrogens is 318 g/mol. The van der Waals surface area contributed by atoms with Crippen molar-refractivity contribution in [3.63, 3.8) is 0 Å². The van der Waals surface area contributed by atoms with Gasteiger partial charge < -0.3 is 5.32 Å². The van der Waals surface area contributed by atoms with Crippen molar-refractivity contribution in [2.75, 3.05) is 5.32 Å². The molecule has 0 aromatic heterocycles. The number of rotatable bonds is 1. The van der Waals surface area contributed by atoms with E-state index in [1.54, 1.807) is 18.2 Å². The first-order valence-electron chi connectivity index (χ1n) is 7.84. The highest BCUT2D eigenvalue weighted by atomic mass is 19.4. The Bertz CT molecular complexity index is 809. The maximum Gasteiger partial charge on any atom is 0.418 e. The van der Waals surface area contributed by atoms with Crippen molar-refractivity contribution < 1.29 is 17.6 Å². The molecule has 0 spiro atoms. The number of nitrogens with one attached hydrogen (secondary N) is 1. The monoisotopic (exact) mass is 333 g/mol. The lowest BCUT2D eigenvalue weighted by atomic mass is 9.76. The second-order valence-electron chi connectivity index (χ2n) is 6.30. The van der Waals surface area contributed by atoms with Gasteiger partial charge in [0.1, 0.15) is 5.82 Å². The van der Waals surface area contributed by atoms with Crippen LogP contribution in [0.4, 0.5) is 23.2 Å². The first kappa shape index (κ1) is 15.2. The fourth-order valence-electron chi connectivity index (χ4n) is 3.89. The van der Waals surface area contributed by atoms with Gasteiger partial charge in [-0.15, -0.1) is 0 Å². The van der Waals surface area contributed by atoms with Crippen LogP contribution in [0.3, 0.4) is 0 Å². The minimum absolute atomic E-state index is 0.0859. The maximum atomic E-state index is 13.6. The topological polar surface area (TPSA) is 12.0 Å². The molecule has 0 saturated carbocycles. The summed E-state index contributed by atoms with van der Waals surface area (Å²) >= 11 is 0. The van der Waals surface area contributed by atoms with E-state index in [0.717, 1.165) is 12.5 Å². The molecule has 0 amide bonds. The Morgan fingerprint density at radius 2 is 1.83 bits per heavy atom. The van der Waals surface area contributed by atoms with Crippen LogP contribution < -0.4 is 5.32 Å². The number of benzene rings is 2. The zero-order valence-corrected chi connectivity index (χ0v) is 12.6. The van der Waals surface area contributed by atoms with Gasteiger partial charge in [-0.1, -0.05) is 36.4 Å². The lowest BCUT2D eigenvalue weighted by Gasteiger charge is -2.38. The molecule has 0 fully saturated rings. The molecule has 3 atom stereocenters. The van der Waals surface area contributed by atoms with Gasteiger partial charge in [0.2, 0.25) is 0 Å². The van der Waals surface area contributed by atoms with Crippen LogP contribution >= 0.6 is 0 Å². The predicted octanol–water partition coefficient (Wildman–Crippen LogP) is 5.67. The molecule has 2 aliphatic rings. The fourth-order valence-corrected chi connectivity index (χ4v) is 3.89. The average Bonchev–Trinajstić information content (AvgIpc) is 3.02. The van der Waals surface area contributed by atoms with Crippen LogP contribution in [0.5, 0.6) is 0 Å². The van der Waals surface area contributed by atoms with Crippen LogP contribution in [-0.4, -0.2) is 0 Å². The summed E-state index contributed by atoms with van der Waals surface area (Å²) in [5.74, 6) is -0.383. The Balaban J connectivity index is 1.85. The van der Waals surface area contributed by atoms with E-state index in [0.29, 0.717) is 11.1 Å². The fraction of sp³-hybridized carbons (Fsp3) is 0.263. The molecule has 1 N–H and O–H groups in total. The van der Waals surface area contributed by atoms with Gasteiger partial charge in [-0.25, -0.2) is 4.39 Å². The average molecular weight is 333 g/mol. The van der Waals surface area contributed by atoms with Gasteiger partial charge in [0.15, 0.2) is 0 Å². The lowest BCUT2D eigenvalue weighted by molar-refractivity contribution is -0.137. The Labute approximate surface area is 137 Å². The van der Waals surface area contributed by atoms with Gasteiger partial charge in [-0.3, -0.25) is 0 Å². The maximum absolute atomic E-state index is 13.6. The number of hydrogen-bond acceptors (Lipinski definition) is 1. The van der Waals surface area contributed by atoms with E-state index in [1.807, 2.05) is 12.2 Å². The molecular formula is C19H15F4N. The third-order valence-corrected chi connectivity index (χ3v) is 4.91. The summed E-state index contributed by atoms with van der Waals surface area (Å²) in [7, 11) is 0. The van der Waals surface area contributed by atoms with Crippen molar-refractivity contribution in [3.8, 4) is 0 Å². The summed E-state index contributed by atoms with van der Waals surface area (Å²) in [5, 5.41) is 3.06. The van der Waals surface area contributed by atoms with Gasteiger partial charge in [0, 0.05) is 5.92 Å². The van der Waals surface area contributed by atoms with Crippen molar-refractivity contribution in [2.24, 2.45) is 5.92 Å². The number of para-hydroxylation sites is 1. The molecule has 124 valence electrons. The molecule has 0 radical (unpaired) electrons. The number of alkyl halides is 3. The number of anilines is 1. The molecule has 0 unspecified atom stereocenters. The molecule has 2 aromatic rings. The van der Waals surface area contributed by atoms with E-state index in [1.165, 1.54) is 18.2 Å². The predicted molar refractivity (Wildman–Crippen MR) is 84.2 cm³/mol. The lowest BCUT2D eigenvalue weighted by Crippen LogP contribution is -2.30. The number of hydrogen-bond donors (Lipinski definition) is 1. The van der Waals surface area contributed by atoms with Crippen molar-refractivity contribution in [3.05, 3.63) is 77.1 Å². The number of halogens is 4. The summed E-state index contributed by atoms with van der Waals surface area (Å²) in [6.45, 7) is 0. The van der Waals surface area contributed by atoms with Crippen LogP contribution in [0.2, 0.25) is 0 Å². The van der Waals surface area contributed by atoms with Gasteiger partial charge in [-0.2, -0.15) is 13.2 Å². The zero-order valence-electron chi connectivity index (χ0n) is 12.6. The van der Waals surface area contributed by atoms with E-state index >= 15 is 0 Å². The highest BCUT2D eigenvalue weighted by Crippen LogP contribution is 2.52. The van der Waals surface area contributed by atoms with E-state index < -0.39 is 11.7 Å². The Hall–Kier alpha value is -2.30. The standard InChI is InChI=1S/C19H15F4N/c20-12-5-1-4-11(10-12)17-14-7-2-6-13(14)15-8-3-9-16(18(15)24-17)19(21,22)23/h1-6,8-10,13-14,17,24H,7H2/t13-,14+,17-/m0/s1. The van der Waals surface area contributed by atoms with Crippen molar-refractivity contribution in [2.45, 2.75) is 24.6 Å². The molecule has 0 saturated heterocycles. The molecule has 2 aromatic carbocycles. The smallest absolute Gasteiger partial charge is 0.377 e. The number of allylic oxidation sites excluding steroid dienone is 2. The summed E-state index contributed by atoms with van der Waals surface area (Å²) in [6.07, 6.45) is 0.296. The summed E-state index contributed by atoms with van der Waals surface area (Å²) < 4.78 is 53.8. The largest absolute Gasteiger partial charge is 0.418 e. The van der Waals surface area contributed by atoms with E-state index in [-0.39, 0.29) is 29.4 Å². The van der Waals surface area contributed by atoms with E-state index in [2.05, 4.69) is 5.32 Å². The summed E-state index contributed by atoms with van der Waals surface area (Å²) in [6, 6.07) is 10.0. The third kappa shape index (κ3) is 2.39. The summed E-state index contributed by atoms with van der Waals surface area (Å²) in [5.41, 5.74) is 0.791. The SMILES string of the molecule is Fc1cccc([C@@H]2Nc3c(cccc3C(F)(F)F)[C@H]3C=CC[C@H]32)c1. The number of fused-ring (bicyclic) bond motifs is 3. The molecule has 0 bridgehead atoms. The quantitative estimate of drug-likeness (QED) is 0.524. The highest BCUT2D eigenvalue weighted by Gasteiger charge is 2.42. The normalized spacial score (nSPS) is 25.1. The van der Waals surface area contributed by atoms with Gasteiger partial charge in [0.25, 0.3) is 0 Å².